The van der Waals surface area contributed by atoms with E-state index in [0.717, 1.165) is 5.56 Å². The van der Waals surface area contributed by atoms with Crippen LogP contribution in [0.5, 0.6) is 0 Å². The predicted octanol–water partition coefficient (Wildman–Crippen LogP) is 3.22. The minimum absolute atomic E-state index is 0.656. The molecule has 0 aliphatic heterocycles. The number of nitrogens with zero attached hydrogens (tertiary/aromatic N) is 1. The Morgan fingerprint density at radius 2 is 1.56 bits per heavy atom. The summed E-state index contributed by atoms with van der Waals surface area (Å²) in [5.41, 5.74) is 1.51. The van der Waals surface area contributed by atoms with E-state index in [1.54, 1.807) is 0 Å². The number of hydrogen-bond donors (Lipinski definition) is 1. The fourth-order valence-electron chi connectivity index (χ4n) is 1.85. The maximum Gasteiger partial charge on any atom is 0.129 e. The fourth-order valence-corrected chi connectivity index (χ4v) is 1.85. The van der Waals surface area contributed by atoms with Crippen molar-refractivity contribution < 1.29 is 0 Å². The fraction of sp³-hybridized carbons (Fsp3) is 0.188. The Morgan fingerprint density at radius 1 is 1.00 bits per heavy atom. The molecule has 2 heteroatoms. The molecule has 2 nitrogen and oxygen atoms in total. The summed E-state index contributed by atoms with van der Waals surface area (Å²) in [5.74, 6) is 0. The van der Waals surface area contributed by atoms with Crippen LogP contribution in [0.2, 0.25) is 0 Å². The first kappa shape index (κ1) is 12.3. The third kappa shape index (κ3) is 2.77. The monoisotopic (exact) mass is 236 g/mol. The molecular formula is C16H16N2. The second kappa shape index (κ2) is 5.48. The van der Waals surface area contributed by atoms with Gasteiger partial charge in [0.25, 0.3) is 0 Å². The van der Waals surface area contributed by atoms with Gasteiger partial charge in [-0.25, -0.2) is 0 Å². The Bertz CT molecular complexity index is 528. The second-order valence-electron chi connectivity index (χ2n) is 4.44. The lowest BCUT2D eigenvalue weighted by molar-refractivity contribution is 0.464. The molecule has 2 aromatic carbocycles. The van der Waals surface area contributed by atoms with E-state index in [9.17, 15) is 5.26 Å². The summed E-state index contributed by atoms with van der Waals surface area (Å²) in [4.78, 5) is 0. The van der Waals surface area contributed by atoms with Crippen molar-refractivity contribution in [3.8, 4) is 6.07 Å². The lowest BCUT2D eigenvalue weighted by Gasteiger charge is -2.23. The van der Waals surface area contributed by atoms with Gasteiger partial charge in [-0.05, 0) is 18.1 Å². The third-order valence-corrected chi connectivity index (χ3v) is 3.06. The Hall–Kier alpha value is -2.11. The Morgan fingerprint density at radius 3 is 2.11 bits per heavy atom. The van der Waals surface area contributed by atoms with Crippen molar-refractivity contribution in [1.29, 1.82) is 5.26 Å². The van der Waals surface area contributed by atoms with Crippen LogP contribution in [0.4, 0.5) is 0 Å². The van der Waals surface area contributed by atoms with Crippen molar-refractivity contribution in [1.82, 2.24) is 5.32 Å². The van der Waals surface area contributed by atoms with Gasteiger partial charge in [0.1, 0.15) is 5.54 Å². The maximum atomic E-state index is 9.40. The largest absolute Gasteiger partial charge is 0.292 e. The molecule has 0 radical (unpaired) electrons. The lowest BCUT2D eigenvalue weighted by Crippen LogP contribution is -2.37. The molecule has 1 atom stereocenters. The van der Waals surface area contributed by atoms with Crippen LogP contribution in [0.3, 0.4) is 0 Å². The van der Waals surface area contributed by atoms with Crippen molar-refractivity contribution >= 4 is 0 Å². The number of nitrogens with one attached hydrogen (secondary N) is 1. The summed E-state index contributed by atoms with van der Waals surface area (Å²) < 4.78 is 0. The second-order valence-corrected chi connectivity index (χ2v) is 4.44. The number of hydrogen-bond acceptors (Lipinski definition) is 2. The minimum Gasteiger partial charge on any atom is -0.292 e. The molecule has 0 saturated carbocycles. The van der Waals surface area contributed by atoms with Crippen LogP contribution in [0.15, 0.2) is 60.7 Å². The molecule has 0 amide bonds. The molecule has 0 heterocycles. The summed E-state index contributed by atoms with van der Waals surface area (Å²) in [7, 11) is 0. The molecule has 90 valence electrons. The van der Waals surface area contributed by atoms with Gasteiger partial charge in [-0.2, -0.15) is 5.26 Å². The van der Waals surface area contributed by atoms with Crippen molar-refractivity contribution in [2.75, 3.05) is 0 Å². The average molecular weight is 236 g/mol. The molecule has 2 rings (SSSR count). The van der Waals surface area contributed by atoms with Crippen LogP contribution in [0.1, 0.15) is 18.1 Å². The van der Waals surface area contributed by atoms with Crippen molar-refractivity contribution in [2.24, 2.45) is 0 Å². The average Bonchev–Trinajstić information content (AvgIpc) is 2.47. The molecule has 0 aliphatic rings. The van der Waals surface area contributed by atoms with Gasteiger partial charge < -0.3 is 0 Å². The van der Waals surface area contributed by atoms with E-state index in [0.29, 0.717) is 6.54 Å². The zero-order valence-electron chi connectivity index (χ0n) is 10.4. The highest BCUT2D eigenvalue weighted by Gasteiger charge is 2.24. The van der Waals surface area contributed by atoms with Gasteiger partial charge >= 0.3 is 0 Å². The van der Waals surface area contributed by atoms with Gasteiger partial charge in [0, 0.05) is 6.54 Å². The van der Waals surface area contributed by atoms with Crippen LogP contribution in [-0.2, 0) is 12.1 Å². The molecule has 1 unspecified atom stereocenters. The van der Waals surface area contributed by atoms with Crippen molar-refractivity contribution in [2.45, 2.75) is 19.0 Å². The summed E-state index contributed by atoms with van der Waals surface area (Å²) in [6, 6.07) is 22.3. The van der Waals surface area contributed by atoms with Gasteiger partial charge in [-0.3, -0.25) is 5.32 Å². The SMILES string of the molecule is CC(C#N)(NCc1ccccc1)c1ccccc1. The normalized spacial score (nSPS) is 13.6. The van der Waals surface area contributed by atoms with E-state index in [-0.39, 0.29) is 0 Å². The predicted molar refractivity (Wildman–Crippen MR) is 72.7 cm³/mol. The molecule has 0 spiro atoms. The third-order valence-electron chi connectivity index (χ3n) is 3.06. The molecule has 0 bridgehead atoms. The van der Waals surface area contributed by atoms with Crippen LogP contribution >= 0.6 is 0 Å². The molecular weight excluding hydrogens is 220 g/mol. The maximum absolute atomic E-state index is 9.40. The molecule has 18 heavy (non-hydrogen) atoms. The van der Waals surface area contributed by atoms with E-state index in [1.807, 2.05) is 55.5 Å². The number of nitriles is 1. The van der Waals surface area contributed by atoms with Gasteiger partial charge in [0.05, 0.1) is 6.07 Å². The lowest BCUT2D eigenvalue weighted by atomic mass is 9.93. The summed E-state index contributed by atoms with van der Waals surface area (Å²) in [6.45, 7) is 2.59. The van der Waals surface area contributed by atoms with Crippen LogP contribution in [0.25, 0.3) is 0 Å². The Labute approximate surface area is 108 Å². The van der Waals surface area contributed by atoms with Gasteiger partial charge in [-0.15, -0.1) is 0 Å². The van der Waals surface area contributed by atoms with E-state index in [4.69, 9.17) is 0 Å². The molecule has 0 saturated heterocycles. The van der Waals surface area contributed by atoms with Crippen LogP contribution in [0, 0.1) is 11.3 Å². The molecule has 0 aromatic heterocycles. The minimum atomic E-state index is -0.656. The Kier molecular flexibility index (Phi) is 3.76. The zero-order chi connectivity index (χ0) is 12.8. The zero-order valence-corrected chi connectivity index (χ0v) is 10.4. The first-order valence-corrected chi connectivity index (χ1v) is 6.00. The highest BCUT2D eigenvalue weighted by atomic mass is 15.0. The molecule has 0 fully saturated rings. The van der Waals surface area contributed by atoms with E-state index >= 15 is 0 Å². The summed E-state index contributed by atoms with van der Waals surface area (Å²) in [5, 5.41) is 12.7. The van der Waals surface area contributed by atoms with Crippen molar-refractivity contribution in [3.05, 3.63) is 71.8 Å². The van der Waals surface area contributed by atoms with Gasteiger partial charge in [0.15, 0.2) is 0 Å². The molecule has 1 N–H and O–H groups in total. The number of benzene rings is 2. The molecule has 2 aromatic rings. The number of rotatable bonds is 4. The van der Waals surface area contributed by atoms with E-state index in [2.05, 4.69) is 23.5 Å². The topological polar surface area (TPSA) is 35.8 Å². The molecule has 0 aliphatic carbocycles. The smallest absolute Gasteiger partial charge is 0.129 e. The first-order chi connectivity index (χ1) is 8.74. The highest BCUT2D eigenvalue weighted by Crippen LogP contribution is 2.20. The summed E-state index contributed by atoms with van der Waals surface area (Å²) in [6.07, 6.45) is 0. The van der Waals surface area contributed by atoms with E-state index < -0.39 is 5.54 Å². The van der Waals surface area contributed by atoms with Gasteiger partial charge in [-0.1, -0.05) is 60.7 Å². The first-order valence-electron chi connectivity index (χ1n) is 6.00. The van der Waals surface area contributed by atoms with Crippen molar-refractivity contribution in [3.63, 3.8) is 0 Å². The Balaban J connectivity index is 2.13. The standard InChI is InChI=1S/C16H16N2/c1-16(13-17,15-10-6-3-7-11-15)18-12-14-8-4-2-5-9-14/h2-11,18H,12H2,1H3. The quantitative estimate of drug-likeness (QED) is 0.884. The van der Waals surface area contributed by atoms with Crippen LogP contribution < -0.4 is 5.32 Å². The van der Waals surface area contributed by atoms with E-state index in [1.165, 1.54) is 5.56 Å². The van der Waals surface area contributed by atoms with Gasteiger partial charge in [0.2, 0.25) is 0 Å². The summed E-state index contributed by atoms with van der Waals surface area (Å²) >= 11 is 0. The highest BCUT2D eigenvalue weighted by molar-refractivity contribution is 5.30. The van der Waals surface area contributed by atoms with Crippen LogP contribution in [-0.4, -0.2) is 0 Å².